The van der Waals surface area contributed by atoms with Gasteiger partial charge in [0, 0.05) is 10.6 Å². The van der Waals surface area contributed by atoms with Gasteiger partial charge in [-0.25, -0.2) is 4.39 Å². The summed E-state index contributed by atoms with van der Waals surface area (Å²) < 4.78 is 18.6. The summed E-state index contributed by atoms with van der Waals surface area (Å²) >= 11 is 1.70. The lowest BCUT2D eigenvalue weighted by Gasteiger charge is -2.26. The molecule has 5 heteroatoms. The van der Waals surface area contributed by atoms with Gasteiger partial charge < -0.3 is 10.1 Å². The van der Waals surface area contributed by atoms with Crippen LogP contribution in [0.3, 0.4) is 0 Å². The van der Waals surface area contributed by atoms with Crippen LogP contribution in [0.4, 0.5) is 4.39 Å². The number of fused-ring (bicyclic) bond motifs is 1. The van der Waals surface area contributed by atoms with Crippen molar-refractivity contribution in [2.45, 2.75) is 23.8 Å². The molecule has 2 aromatic carbocycles. The molecule has 2 aromatic rings. The lowest BCUT2D eigenvalue weighted by Crippen LogP contribution is -2.31. The Morgan fingerprint density at radius 2 is 2.09 bits per heavy atom. The minimum atomic E-state index is -0.263. The molecule has 0 aromatic heterocycles. The minimum Gasteiger partial charge on any atom is -0.497 e. The van der Waals surface area contributed by atoms with E-state index in [0.717, 1.165) is 33.9 Å². The first kappa shape index (κ1) is 15.9. The molecule has 3 rings (SSSR count). The van der Waals surface area contributed by atoms with Gasteiger partial charge in [0.05, 0.1) is 19.6 Å². The second kappa shape index (κ2) is 7.04. The summed E-state index contributed by atoms with van der Waals surface area (Å²) in [6.07, 6.45) is 1.12. The largest absolute Gasteiger partial charge is 0.497 e. The molecule has 0 fully saturated rings. The number of amides is 1. The van der Waals surface area contributed by atoms with Crippen molar-refractivity contribution in [3.8, 4) is 5.75 Å². The SMILES string of the molecule is COc1ccc(CC(=O)NC2CCSc3ccc(F)cc32)cc1. The highest BCUT2D eigenvalue weighted by atomic mass is 32.2. The number of benzene rings is 2. The molecule has 23 heavy (non-hydrogen) atoms. The summed E-state index contributed by atoms with van der Waals surface area (Å²) in [7, 11) is 1.61. The van der Waals surface area contributed by atoms with E-state index in [1.807, 2.05) is 24.3 Å². The Labute approximate surface area is 139 Å². The fraction of sp³-hybridized carbons (Fsp3) is 0.278. The zero-order valence-corrected chi connectivity index (χ0v) is 13.7. The molecule has 120 valence electrons. The van der Waals surface area contributed by atoms with Gasteiger partial charge in [0.2, 0.25) is 5.91 Å². The number of rotatable bonds is 4. The monoisotopic (exact) mass is 331 g/mol. The Balaban J connectivity index is 1.67. The highest BCUT2D eigenvalue weighted by molar-refractivity contribution is 7.99. The van der Waals surface area contributed by atoms with E-state index in [1.165, 1.54) is 12.1 Å². The summed E-state index contributed by atoms with van der Waals surface area (Å²) in [6, 6.07) is 12.1. The van der Waals surface area contributed by atoms with Crippen molar-refractivity contribution in [3.05, 3.63) is 59.4 Å². The van der Waals surface area contributed by atoms with Crippen LogP contribution >= 0.6 is 11.8 Å². The summed E-state index contributed by atoms with van der Waals surface area (Å²) in [5.74, 6) is 1.37. The van der Waals surface area contributed by atoms with Crippen molar-refractivity contribution in [1.82, 2.24) is 5.32 Å². The van der Waals surface area contributed by atoms with Gasteiger partial charge in [-0.2, -0.15) is 0 Å². The van der Waals surface area contributed by atoms with Crippen LogP contribution in [0.1, 0.15) is 23.6 Å². The van der Waals surface area contributed by atoms with Crippen molar-refractivity contribution in [1.29, 1.82) is 0 Å². The van der Waals surface area contributed by atoms with Crippen LogP contribution in [0.15, 0.2) is 47.4 Å². The van der Waals surface area contributed by atoms with Gasteiger partial charge >= 0.3 is 0 Å². The topological polar surface area (TPSA) is 38.3 Å². The molecule has 0 spiro atoms. The molecule has 0 saturated heterocycles. The Bertz CT molecular complexity index is 703. The van der Waals surface area contributed by atoms with Gasteiger partial charge in [0.1, 0.15) is 11.6 Å². The highest BCUT2D eigenvalue weighted by Crippen LogP contribution is 2.36. The van der Waals surface area contributed by atoms with E-state index < -0.39 is 0 Å². The summed E-state index contributed by atoms with van der Waals surface area (Å²) in [6.45, 7) is 0. The smallest absolute Gasteiger partial charge is 0.224 e. The Kier molecular flexibility index (Phi) is 4.86. The number of hydrogen-bond donors (Lipinski definition) is 1. The molecule has 0 bridgehead atoms. The number of carbonyl (C=O) groups excluding carboxylic acids is 1. The van der Waals surface area contributed by atoms with Gasteiger partial charge in [-0.1, -0.05) is 12.1 Å². The molecule has 1 atom stereocenters. The lowest BCUT2D eigenvalue weighted by atomic mass is 10.0. The third kappa shape index (κ3) is 3.85. The molecule has 0 saturated carbocycles. The highest BCUT2D eigenvalue weighted by Gasteiger charge is 2.22. The van der Waals surface area contributed by atoms with E-state index >= 15 is 0 Å². The average Bonchev–Trinajstić information content (AvgIpc) is 2.56. The number of ether oxygens (including phenoxy) is 1. The maximum absolute atomic E-state index is 13.5. The Morgan fingerprint density at radius 1 is 1.30 bits per heavy atom. The predicted molar refractivity (Wildman–Crippen MR) is 89.3 cm³/mol. The fourth-order valence-corrected chi connectivity index (χ4v) is 3.79. The zero-order valence-electron chi connectivity index (χ0n) is 12.8. The van der Waals surface area contributed by atoms with E-state index in [0.29, 0.717) is 6.42 Å². The quantitative estimate of drug-likeness (QED) is 0.928. The van der Waals surface area contributed by atoms with E-state index in [1.54, 1.807) is 24.9 Å². The molecule has 1 aliphatic rings. The maximum Gasteiger partial charge on any atom is 0.224 e. The van der Waals surface area contributed by atoms with E-state index in [-0.39, 0.29) is 17.8 Å². The van der Waals surface area contributed by atoms with Crippen LogP contribution in [-0.2, 0) is 11.2 Å². The van der Waals surface area contributed by atoms with Gasteiger partial charge in [0.25, 0.3) is 0 Å². The molecule has 1 N–H and O–H groups in total. The van der Waals surface area contributed by atoms with Gasteiger partial charge in [-0.05, 0) is 47.9 Å². The first-order valence-corrected chi connectivity index (χ1v) is 8.49. The molecule has 1 unspecified atom stereocenters. The van der Waals surface area contributed by atoms with Crippen LogP contribution in [-0.4, -0.2) is 18.8 Å². The molecule has 1 amide bonds. The lowest BCUT2D eigenvalue weighted by molar-refractivity contribution is -0.121. The van der Waals surface area contributed by atoms with Crippen LogP contribution in [0, 0.1) is 5.82 Å². The van der Waals surface area contributed by atoms with E-state index in [4.69, 9.17) is 4.74 Å². The average molecular weight is 331 g/mol. The van der Waals surface area contributed by atoms with Gasteiger partial charge in [-0.15, -0.1) is 11.8 Å². The standard InChI is InChI=1S/C18H18FNO2S/c1-22-14-5-2-12(3-6-14)10-18(21)20-16-8-9-23-17-7-4-13(19)11-15(16)17/h2-7,11,16H,8-10H2,1H3,(H,20,21). The van der Waals surface area contributed by atoms with Gasteiger partial charge in [0.15, 0.2) is 0 Å². The van der Waals surface area contributed by atoms with Gasteiger partial charge in [-0.3, -0.25) is 4.79 Å². The Hall–Kier alpha value is -2.01. The van der Waals surface area contributed by atoms with Crippen molar-refractivity contribution in [2.75, 3.05) is 12.9 Å². The molecule has 3 nitrogen and oxygen atoms in total. The summed E-state index contributed by atoms with van der Waals surface area (Å²) in [5.41, 5.74) is 1.80. The number of thioether (sulfide) groups is 1. The summed E-state index contributed by atoms with van der Waals surface area (Å²) in [4.78, 5) is 13.3. The van der Waals surface area contributed by atoms with Crippen LogP contribution in [0.5, 0.6) is 5.75 Å². The maximum atomic E-state index is 13.5. The molecule has 1 heterocycles. The fourth-order valence-electron chi connectivity index (χ4n) is 2.69. The van der Waals surface area contributed by atoms with Crippen LogP contribution < -0.4 is 10.1 Å². The molecule has 0 aliphatic carbocycles. The first-order chi connectivity index (χ1) is 11.2. The number of halogens is 1. The van der Waals surface area contributed by atoms with Crippen LogP contribution in [0.2, 0.25) is 0 Å². The summed E-state index contributed by atoms with van der Waals surface area (Å²) in [5, 5.41) is 3.03. The number of methoxy groups -OCH3 is 1. The Morgan fingerprint density at radius 3 is 2.83 bits per heavy atom. The second-order valence-corrected chi connectivity index (χ2v) is 6.60. The number of nitrogens with one attached hydrogen (secondary N) is 1. The van der Waals surface area contributed by atoms with Crippen molar-refractivity contribution in [3.63, 3.8) is 0 Å². The zero-order chi connectivity index (χ0) is 16.2. The van der Waals surface area contributed by atoms with Crippen molar-refractivity contribution in [2.24, 2.45) is 0 Å². The molecule has 1 aliphatic heterocycles. The van der Waals surface area contributed by atoms with Crippen LogP contribution in [0.25, 0.3) is 0 Å². The first-order valence-electron chi connectivity index (χ1n) is 7.50. The normalized spacial score (nSPS) is 16.5. The molecule has 0 radical (unpaired) electrons. The second-order valence-electron chi connectivity index (χ2n) is 5.46. The predicted octanol–water partition coefficient (Wildman–Crippen LogP) is 3.73. The third-order valence-corrected chi connectivity index (χ3v) is 4.99. The molecular weight excluding hydrogens is 313 g/mol. The van der Waals surface area contributed by atoms with E-state index in [2.05, 4.69) is 5.32 Å². The molecular formula is C18H18FNO2S. The van der Waals surface area contributed by atoms with Crippen molar-refractivity contribution < 1.29 is 13.9 Å². The van der Waals surface area contributed by atoms with E-state index in [9.17, 15) is 9.18 Å². The third-order valence-electron chi connectivity index (χ3n) is 3.87. The minimum absolute atomic E-state index is 0.0534. The number of carbonyl (C=O) groups is 1. The van der Waals surface area contributed by atoms with Crippen molar-refractivity contribution >= 4 is 17.7 Å². The number of hydrogen-bond acceptors (Lipinski definition) is 3.